The van der Waals surface area contributed by atoms with E-state index in [9.17, 15) is 12.8 Å². The van der Waals surface area contributed by atoms with Crippen molar-refractivity contribution in [1.29, 1.82) is 0 Å². The average Bonchev–Trinajstić information content (AvgIpc) is 2.38. The number of nitrogens with two attached hydrogens (primary N) is 1. The van der Waals surface area contributed by atoms with Crippen molar-refractivity contribution in [2.24, 2.45) is 11.7 Å². The van der Waals surface area contributed by atoms with Crippen LogP contribution < -0.4 is 5.73 Å². The van der Waals surface area contributed by atoms with Crippen LogP contribution in [0.1, 0.15) is 12.8 Å². The minimum Gasteiger partial charge on any atom is -0.393 e. The smallest absolute Gasteiger partial charge is 0.246 e. The van der Waals surface area contributed by atoms with Gasteiger partial charge in [-0.2, -0.15) is 4.31 Å². The first kappa shape index (κ1) is 15.8. The minimum atomic E-state index is -3.85. The predicted octanol–water partition coefficient (Wildman–Crippen LogP) is 2.28. The van der Waals surface area contributed by atoms with Crippen LogP contribution >= 0.6 is 28.1 Å². The Kier molecular flexibility index (Phi) is 4.78. The van der Waals surface area contributed by atoms with E-state index in [1.54, 1.807) is 0 Å². The predicted molar refractivity (Wildman–Crippen MR) is 82.4 cm³/mol. The molecule has 0 aliphatic carbocycles. The molecule has 1 aliphatic rings. The summed E-state index contributed by atoms with van der Waals surface area (Å²) in [5.41, 5.74) is 5.59. The van der Waals surface area contributed by atoms with E-state index < -0.39 is 15.8 Å². The van der Waals surface area contributed by atoms with Crippen LogP contribution in [0.5, 0.6) is 0 Å². The fraction of sp³-hybridized carbons (Fsp3) is 0.417. The zero-order valence-electron chi connectivity index (χ0n) is 10.6. The van der Waals surface area contributed by atoms with Gasteiger partial charge in [-0.3, -0.25) is 0 Å². The van der Waals surface area contributed by atoms with Gasteiger partial charge in [-0.05, 0) is 31.0 Å². The molecular weight excluding hydrogens is 367 g/mol. The van der Waals surface area contributed by atoms with Gasteiger partial charge < -0.3 is 5.73 Å². The van der Waals surface area contributed by atoms with Gasteiger partial charge in [0.2, 0.25) is 10.0 Å². The Morgan fingerprint density at radius 2 is 2.20 bits per heavy atom. The van der Waals surface area contributed by atoms with Crippen LogP contribution in [0.3, 0.4) is 0 Å². The van der Waals surface area contributed by atoms with Gasteiger partial charge in [0, 0.05) is 23.5 Å². The van der Waals surface area contributed by atoms with Gasteiger partial charge in [-0.25, -0.2) is 12.8 Å². The maximum atomic E-state index is 13.9. The summed E-state index contributed by atoms with van der Waals surface area (Å²) in [6.07, 6.45) is 1.43. The van der Waals surface area contributed by atoms with Gasteiger partial charge in [0.25, 0.3) is 0 Å². The zero-order valence-corrected chi connectivity index (χ0v) is 13.8. The van der Waals surface area contributed by atoms with Gasteiger partial charge in [0.15, 0.2) is 0 Å². The lowest BCUT2D eigenvalue weighted by molar-refractivity contribution is 0.311. The van der Waals surface area contributed by atoms with E-state index in [1.807, 2.05) is 0 Å². The third-order valence-corrected chi connectivity index (χ3v) is 6.02. The molecule has 1 aromatic carbocycles. The number of sulfonamides is 1. The largest absolute Gasteiger partial charge is 0.393 e. The van der Waals surface area contributed by atoms with Crippen molar-refractivity contribution in [2.45, 2.75) is 17.7 Å². The van der Waals surface area contributed by atoms with Crippen molar-refractivity contribution in [3.05, 3.63) is 28.5 Å². The Balaban J connectivity index is 2.32. The third kappa shape index (κ3) is 3.19. The first-order valence-corrected chi connectivity index (χ1v) is 8.71. The van der Waals surface area contributed by atoms with Crippen molar-refractivity contribution < 1.29 is 12.8 Å². The molecule has 4 nitrogen and oxygen atoms in total. The molecule has 0 radical (unpaired) electrons. The number of halogens is 2. The SMILES string of the molecule is NC(=S)C1CCCN(S(=O)(=O)c2ccc(Br)cc2F)C1. The molecule has 2 N–H and O–H groups in total. The molecule has 1 heterocycles. The van der Waals surface area contributed by atoms with Crippen LogP contribution in [0.15, 0.2) is 27.6 Å². The highest BCUT2D eigenvalue weighted by Crippen LogP contribution is 2.26. The molecule has 8 heteroatoms. The van der Waals surface area contributed by atoms with Crippen molar-refractivity contribution in [1.82, 2.24) is 4.31 Å². The molecule has 1 aromatic rings. The second-order valence-corrected chi connectivity index (χ2v) is 7.97. The van der Waals surface area contributed by atoms with E-state index in [2.05, 4.69) is 15.9 Å². The average molecular weight is 381 g/mol. The molecule has 20 heavy (non-hydrogen) atoms. The summed E-state index contributed by atoms with van der Waals surface area (Å²) in [4.78, 5) is -0.00883. The molecule has 2 rings (SSSR count). The summed E-state index contributed by atoms with van der Waals surface area (Å²) in [6, 6.07) is 3.91. The van der Waals surface area contributed by atoms with Crippen LogP contribution in [0.25, 0.3) is 0 Å². The number of piperidine rings is 1. The molecule has 0 saturated carbocycles. The van der Waals surface area contributed by atoms with Crippen LogP contribution in [-0.4, -0.2) is 30.8 Å². The van der Waals surface area contributed by atoms with Crippen molar-refractivity contribution >= 4 is 43.2 Å². The number of benzene rings is 1. The van der Waals surface area contributed by atoms with Crippen LogP contribution in [0.2, 0.25) is 0 Å². The number of rotatable bonds is 3. The molecule has 110 valence electrons. The first-order chi connectivity index (χ1) is 9.32. The van der Waals surface area contributed by atoms with E-state index in [1.165, 1.54) is 16.4 Å². The van der Waals surface area contributed by atoms with Crippen molar-refractivity contribution in [2.75, 3.05) is 13.1 Å². The fourth-order valence-corrected chi connectivity index (χ4v) is 4.31. The summed E-state index contributed by atoms with van der Waals surface area (Å²) in [5, 5.41) is 0. The standard InChI is InChI=1S/C12H14BrFN2O2S2/c13-9-3-4-11(10(14)6-9)20(17,18)16-5-1-2-8(7-16)12(15)19/h3-4,6,8H,1-2,5,7H2,(H2,15,19). The Bertz CT molecular complexity index is 636. The third-order valence-electron chi connectivity index (χ3n) is 3.30. The number of thiocarbonyl (C=S) groups is 1. The lowest BCUT2D eigenvalue weighted by Gasteiger charge is -2.31. The van der Waals surface area contributed by atoms with Gasteiger partial charge in [0.05, 0.1) is 4.99 Å². The first-order valence-electron chi connectivity index (χ1n) is 6.07. The second-order valence-electron chi connectivity index (χ2n) is 4.68. The van der Waals surface area contributed by atoms with E-state index in [-0.39, 0.29) is 17.4 Å². The number of nitrogens with zero attached hydrogens (tertiary/aromatic N) is 1. The normalized spacial score (nSPS) is 20.8. The summed E-state index contributed by atoms with van der Waals surface area (Å²) < 4.78 is 40.6. The fourth-order valence-electron chi connectivity index (χ4n) is 2.22. The maximum Gasteiger partial charge on any atom is 0.246 e. The Labute approximate surface area is 131 Å². The quantitative estimate of drug-likeness (QED) is 0.816. The lowest BCUT2D eigenvalue weighted by Crippen LogP contribution is -2.43. The van der Waals surface area contributed by atoms with E-state index in [4.69, 9.17) is 18.0 Å². The maximum absolute atomic E-state index is 13.9. The van der Waals surface area contributed by atoms with Gasteiger partial charge >= 0.3 is 0 Å². The number of hydrogen-bond acceptors (Lipinski definition) is 3. The Morgan fingerprint density at radius 1 is 1.50 bits per heavy atom. The highest BCUT2D eigenvalue weighted by molar-refractivity contribution is 9.10. The molecule has 1 saturated heterocycles. The highest BCUT2D eigenvalue weighted by Gasteiger charge is 2.32. The molecule has 1 fully saturated rings. The zero-order chi connectivity index (χ0) is 14.9. The summed E-state index contributed by atoms with van der Waals surface area (Å²) in [6.45, 7) is 0.574. The van der Waals surface area contributed by atoms with Gasteiger partial charge in [-0.15, -0.1) is 0 Å². The molecule has 1 atom stereocenters. The summed E-state index contributed by atoms with van der Waals surface area (Å²) in [7, 11) is -3.85. The highest BCUT2D eigenvalue weighted by atomic mass is 79.9. The van der Waals surface area contributed by atoms with Crippen molar-refractivity contribution in [3.8, 4) is 0 Å². The molecule has 1 aliphatic heterocycles. The van der Waals surface area contributed by atoms with Crippen LogP contribution in [0.4, 0.5) is 4.39 Å². The Morgan fingerprint density at radius 3 is 2.80 bits per heavy atom. The second kappa shape index (κ2) is 6.05. The Hall–Kier alpha value is -0.570. The monoisotopic (exact) mass is 380 g/mol. The number of hydrogen-bond donors (Lipinski definition) is 1. The molecule has 0 bridgehead atoms. The molecule has 1 unspecified atom stereocenters. The minimum absolute atomic E-state index is 0.146. The van der Waals surface area contributed by atoms with Crippen molar-refractivity contribution in [3.63, 3.8) is 0 Å². The van der Waals surface area contributed by atoms with E-state index in [0.717, 1.165) is 12.5 Å². The molecular formula is C12H14BrFN2O2S2. The topological polar surface area (TPSA) is 63.4 Å². The summed E-state index contributed by atoms with van der Waals surface area (Å²) in [5.74, 6) is -0.913. The van der Waals surface area contributed by atoms with E-state index in [0.29, 0.717) is 22.4 Å². The summed E-state index contributed by atoms with van der Waals surface area (Å²) >= 11 is 8.03. The lowest BCUT2D eigenvalue weighted by atomic mass is 10.0. The van der Waals surface area contributed by atoms with Gasteiger partial charge in [-0.1, -0.05) is 28.1 Å². The van der Waals surface area contributed by atoms with E-state index >= 15 is 0 Å². The molecule has 0 spiro atoms. The van der Waals surface area contributed by atoms with Gasteiger partial charge in [0.1, 0.15) is 10.7 Å². The van der Waals surface area contributed by atoms with Crippen LogP contribution in [-0.2, 0) is 10.0 Å². The molecule has 0 amide bonds. The van der Waals surface area contributed by atoms with Crippen LogP contribution in [0, 0.1) is 11.7 Å². The molecule has 0 aromatic heterocycles.